The van der Waals surface area contributed by atoms with Gasteiger partial charge in [-0.3, -0.25) is 0 Å². The summed E-state index contributed by atoms with van der Waals surface area (Å²) in [6.45, 7) is 2.43. The van der Waals surface area contributed by atoms with Crippen LogP contribution < -0.4 is 9.47 Å². The Hall–Kier alpha value is -2.07. The van der Waals surface area contributed by atoms with E-state index in [4.69, 9.17) is 9.47 Å². The van der Waals surface area contributed by atoms with Crippen molar-refractivity contribution in [1.29, 1.82) is 0 Å². The first-order valence-electron chi connectivity index (χ1n) is 6.61. The molecule has 4 heteroatoms. The van der Waals surface area contributed by atoms with Crippen LogP contribution >= 0.6 is 0 Å². The lowest BCUT2D eigenvalue weighted by Gasteiger charge is -2.09. The molecule has 106 valence electrons. The predicted octanol–water partition coefficient (Wildman–Crippen LogP) is 2.72. The summed E-state index contributed by atoms with van der Waals surface area (Å²) in [5, 5.41) is 9.24. The molecule has 0 amide bonds. The fraction of sp³-hybridized carbons (Fsp3) is 0.312. The zero-order valence-corrected chi connectivity index (χ0v) is 11.8. The van der Waals surface area contributed by atoms with Crippen LogP contribution in [0.4, 0.5) is 0 Å². The second-order valence-corrected chi connectivity index (χ2v) is 4.46. The van der Waals surface area contributed by atoms with Crippen LogP contribution in [0.1, 0.15) is 23.7 Å². The third kappa shape index (κ3) is 3.71. The van der Waals surface area contributed by atoms with Crippen molar-refractivity contribution in [2.24, 2.45) is 0 Å². The van der Waals surface area contributed by atoms with E-state index in [0.29, 0.717) is 12.5 Å². The molecule has 0 bridgehead atoms. The highest BCUT2D eigenvalue weighted by molar-refractivity contribution is 5.29. The number of methoxy groups -OCH3 is 1. The quantitative estimate of drug-likeness (QED) is 0.879. The molecule has 0 aliphatic heterocycles. The van der Waals surface area contributed by atoms with Crippen LogP contribution in [0.15, 0.2) is 36.4 Å². The molecular formula is C16H19NO3. The van der Waals surface area contributed by atoms with Gasteiger partial charge in [-0.25, -0.2) is 4.98 Å². The molecule has 0 fully saturated rings. The molecule has 4 nitrogen and oxygen atoms in total. The van der Waals surface area contributed by atoms with E-state index in [1.54, 1.807) is 13.2 Å². The number of aryl methyl sites for hydroxylation is 1. The second kappa shape index (κ2) is 6.91. The fourth-order valence-corrected chi connectivity index (χ4v) is 1.89. The largest absolute Gasteiger partial charge is 0.497 e. The first kappa shape index (κ1) is 14.3. The summed E-state index contributed by atoms with van der Waals surface area (Å²) in [4.78, 5) is 4.39. The molecule has 2 rings (SSSR count). The topological polar surface area (TPSA) is 51.6 Å². The SMILES string of the molecule is CCc1cc(CO)cc(OCc2cccc(OC)c2)n1. The number of aliphatic hydroxyl groups is 1. The minimum atomic E-state index is -0.00889. The maximum absolute atomic E-state index is 9.24. The molecule has 1 aromatic carbocycles. The number of nitrogens with zero attached hydrogens (tertiary/aromatic N) is 1. The van der Waals surface area contributed by atoms with Crippen molar-refractivity contribution in [2.45, 2.75) is 26.6 Å². The van der Waals surface area contributed by atoms with Gasteiger partial charge in [0.2, 0.25) is 5.88 Å². The third-order valence-corrected chi connectivity index (χ3v) is 2.98. The summed E-state index contributed by atoms with van der Waals surface area (Å²) in [7, 11) is 1.64. The average Bonchev–Trinajstić information content (AvgIpc) is 2.52. The lowest BCUT2D eigenvalue weighted by Crippen LogP contribution is -2.01. The highest BCUT2D eigenvalue weighted by Gasteiger charge is 2.03. The minimum absolute atomic E-state index is 0.00889. The Balaban J connectivity index is 2.09. The van der Waals surface area contributed by atoms with Crippen LogP contribution in [-0.4, -0.2) is 17.2 Å². The smallest absolute Gasteiger partial charge is 0.214 e. The van der Waals surface area contributed by atoms with Gasteiger partial charge >= 0.3 is 0 Å². The normalized spacial score (nSPS) is 10.3. The van der Waals surface area contributed by atoms with Gasteiger partial charge in [-0.05, 0) is 35.7 Å². The first-order chi connectivity index (χ1) is 9.75. The molecule has 0 saturated heterocycles. The van der Waals surface area contributed by atoms with E-state index >= 15 is 0 Å². The maximum Gasteiger partial charge on any atom is 0.214 e. The molecule has 0 saturated carbocycles. The van der Waals surface area contributed by atoms with Crippen LogP contribution in [0.25, 0.3) is 0 Å². The summed E-state index contributed by atoms with van der Waals surface area (Å²) in [6, 6.07) is 11.4. The molecule has 1 heterocycles. The van der Waals surface area contributed by atoms with Gasteiger partial charge in [-0.15, -0.1) is 0 Å². The summed E-state index contributed by atoms with van der Waals surface area (Å²) in [6.07, 6.45) is 0.809. The Morgan fingerprint density at radius 3 is 2.70 bits per heavy atom. The average molecular weight is 273 g/mol. The van der Waals surface area contributed by atoms with Crippen molar-refractivity contribution < 1.29 is 14.6 Å². The van der Waals surface area contributed by atoms with E-state index in [1.807, 2.05) is 37.3 Å². The molecule has 1 N–H and O–H groups in total. The number of benzene rings is 1. The molecule has 0 unspecified atom stereocenters. The van der Waals surface area contributed by atoms with E-state index < -0.39 is 0 Å². The van der Waals surface area contributed by atoms with Crippen LogP contribution in [0.2, 0.25) is 0 Å². The Kier molecular flexibility index (Phi) is 4.96. The standard InChI is InChI=1S/C16H19NO3/c1-3-14-7-13(10-18)9-16(17-14)20-11-12-5-4-6-15(8-12)19-2/h4-9,18H,3,10-11H2,1-2H3. The molecule has 0 aliphatic rings. The van der Waals surface area contributed by atoms with Crippen molar-refractivity contribution >= 4 is 0 Å². The van der Waals surface area contributed by atoms with Gasteiger partial charge in [0.05, 0.1) is 13.7 Å². The first-order valence-corrected chi connectivity index (χ1v) is 6.61. The number of hydrogen-bond donors (Lipinski definition) is 1. The molecule has 0 radical (unpaired) electrons. The summed E-state index contributed by atoms with van der Waals surface area (Å²) < 4.78 is 10.9. The number of pyridine rings is 1. The highest BCUT2D eigenvalue weighted by atomic mass is 16.5. The fourth-order valence-electron chi connectivity index (χ4n) is 1.89. The van der Waals surface area contributed by atoms with E-state index in [0.717, 1.165) is 29.0 Å². The molecule has 0 atom stereocenters. The zero-order valence-electron chi connectivity index (χ0n) is 11.8. The lowest BCUT2D eigenvalue weighted by molar-refractivity contribution is 0.274. The predicted molar refractivity (Wildman–Crippen MR) is 76.9 cm³/mol. The molecule has 0 spiro atoms. The van der Waals surface area contributed by atoms with Crippen LogP contribution in [-0.2, 0) is 19.6 Å². The Morgan fingerprint density at radius 2 is 2.00 bits per heavy atom. The lowest BCUT2D eigenvalue weighted by atomic mass is 10.2. The van der Waals surface area contributed by atoms with Crippen molar-refractivity contribution in [2.75, 3.05) is 7.11 Å². The van der Waals surface area contributed by atoms with Gasteiger partial charge in [-0.2, -0.15) is 0 Å². The van der Waals surface area contributed by atoms with Crippen molar-refractivity contribution in [1.82, 2.24) is 4.98 Å². The number of ether oxygens (including phenoxy) is 2. The van der Waals surface area contributed by atoms with E-state index in [1.165, 1.54) is 0 Å². The van der Waals surface area contributed by atoms with Crippen LogP contribution in [0.5, 0.6) is 11.6 Å². The monoisotopic (exact) mass is 273 g/mol. The van der Waals surface area contributed by atoms with Gasteiger partial charge in [0.15, 0.2) is 0 Å². The molecule has 2 aromatic rings. The number of aliphatic hydroxyl groups excluding tert-OH is 1. The number of rotatable bonds is 6. The number of hydrogen-bond acceptors (Lipinski definition) is 4. The van der Waals surface area contributed by atoms with Gasteiger partial charge in [0.25, 0.3) is 0 Å². The highest BCUT2D eigenvalue weighted by Crippen LogP contribution is 2.17. The maximum atomic E-state index is 9.24. The van der Waals surface area contributed by atoms with Crippen LogP contribution in [0, 0.1) is 0 Å². The van der Waals surface area contributed by atoms with Gasteiger partial charge < -0.3 is 14.6 Å². The van der Waals surface area contributed by atoms with Gasteiger partial charge in [-0.1, -0.05) is 19.1 Å². The molecule has 20 heavy (non-hydrogen) atoms. The van der Waals surface area contributed by atoms with E-state index in [2.05, 4.69) is 4.98 Å². The number of aromatic nitrogens is 1. The summed E-state index contributed by atoms with van der Waals surface area (Å²) in [5.74, 6) is 1.34. The second-order valence-electron chi connectivity index (χ2n) is 4.46. The third-order valence-electron chi connectivity index (χ3n) is 2.98. The zero-order chi connectivity index (χ0) is 14.4. The summed E-state index contributed by atoms with van der Waals surface area (Å²) in [5.41, 5.74) is 2.74. The van der Waals surface area contributed by atoms with Crippen molar-refractivity contribution in [3.8, 4) is 11.6 Å². The minimum Gasteiger partial charge on any atom is -0.497 e. The van der Waals surface area contributed by atoms with Crippen molar-refractivity contribution in [3.05, 3.63) is 53.2 Å². The molecule has 1 aromatic heterocycles. The van der Waals surface area contributed by atoms with Gasteiger partial charge in [0.1, 0.15) is 12.4 Å². The summed E-state index contributed by atoms with van der Waals surface area (Å²) >= 11 is 0. The Labute approximate surface area is 119 Å². The van der Waals surface area contributed by atoms with Crippen molar-refractivity contribution in [3.63, 3.8) is 0 Å². The van der Waals surface area contributed by atoms with E-state index in [-0.39, 0.29) is 6.61 Å². The van der Waals surface area contributed by atoms with E-state index in [9.17, 15) is 5.11 Å². The molecular weight excluding hydrogens is 254 g/mol. The molecule has 0 aliphatic carbocycles. The van der Waals surface area contributed by atoms with Crippen LogP contribution in [0.3, 0.4) is 0 Å². The Morgan fingerprint density at radius 1 is 1.15 bits per heavy atom. The Bertz CT molecular complexity index is 547. The van der Waals surface area contributed by atoms with Gasteiger partial charge in [0, 0.05) is 11.8 Å².